The van der Waals surface area contributed by atoms with Crippen molar-refractivity contribution in [1.82, 2.24) is 0 Å². The van der Waals surface area contributed by atoms with E-state index >= 15 is 0 Å². The van der Waals surface area contributed by atoms with E-state index in [1.165, 1.54) is 6.08 Å². The van der Waals surface area contributed by atoms with Crippen LogP contribution in [0, 0.1) is 0 Å². The van der Waals surface area contributed by atoms with Gasteiger partial charge in [-0.05, 0) is 58.7 Å². The summed E-state index contributed by atoms with van der Waals surface area (Å²) in [6, 6.07) is 19.8. The maximum absolute atomic E-state index is 11.9. The number of ether oxygens (including phenoxy) is 1. The van der Waals surface area contributed by atoms with Gasteiger partial charge < -0.3 is 21.3 Å². The largest absolute Gasteiger partial charge is 0.508 e. The fourth-order valence-electron chi connectivity index (χ4n) is 2.64. The van der Waals surface area contributed by atoms with Crippen molar-refractivity contribution in [3.8, 4) is 16.9 Å². The van der Waals surface area contributed by atoms with E-state index in [0.29, 0.717) is 11.4 Å². The van der Waals surface area contributed by atoms with E-state index in [2.05, 4.69) is 0 Å². The van der Waals surface area contributed by atoms with E-state index in [-0.39, 0.29) is 12.4 Å². The molecule has 0 unspecified atom stereocenters. The second-order valence-electron chi connectivity index (χ2n) is 6.12. The first-order valence-electron chi connectivity index (χ1n) is 8.39. The molecule has 0 aliphatic carbocycles. The molecule has 136 valence electrons. The summed E-state index contributed by atoms with van der Waals surface area (Å²) in [5, 5.41) is 9.35. The van der Waals surface area contributed by atoms with E-state index in [4.69, 9.17) is 16.2 Å². The minimum atomic E-state index is -0.446. The van der Waals surface area contributed by atoms with Gasteiger partial charge in [0.2, 0.25) is 0 Å². The Hall–Kier alpha value is -3.73. The van der Waals surface area contributed by atoms with Crippen LogP contribution in [-0.2, 0) is 16.1 Å². The van der Waals surface area contributed by atoms with Gasteiger partial charge in [0, 0.05) is 17.5 Å². The number of benzene rings is 3. The van der Waals surface area contributed by atoms with Crippen LogP contribution in [0.4, 0.5) is 11.4 Å². The predicted molar refractivity (Wildman–Crippen MR) is 108 cm³/mol. The molecule has 0 bridgehead atoms. The lowest BCUT2D eigenvalue weighted by atomic mass is 10.0. The number of nitrogen functional groups attached to an aromatic ring is 2. The van der Waals surface area contributed by atoms with E-state index in [9.17, 15) is 9.90 Å². The second-order valence-corrected chi connectivity index (χ2v) is 6.12. The van der Waals surface area contributed by atoms with Crippen LogP contribution in [-0.4, -0.2) is 11.1 Å². The third-order valence-corrected chi connectivity index (χ3v) is 3.94. The van der Waals surface area contributed by atoms with E-state index in [1.54, 1.807) is 36.4 Å². The van der Waals surface area contributed by atoms with Crippen molar-refractivity contribution in [2.45, 2.75) is 6.61 Å². The number of phenols is 1. The molecule has 0 amide bonds. The van der Waals surface area contributed by atoms with Crippen LogP contribution in [0.5, 0.6) is 5.75 Å². The minimum Gasteiger partial charge on any atom is -0.508 e. The maximum atomic E-state index is 11.9. The molecule has 0 fully saturated rings. The fraction of sp³-hybridized carbons (Fsp3) is 0.0455. The van der Waals surface area contributed by atoms with Crippen molar-refractivity contribution < 1.29 is 14.6 Å². The molecule has 3 aromatic carbocycles. The Morgan fingerprint density at radius 3 is 2.04 bits per heavy atom. The third-order valence-electron chi connectivity index (χ3n) is 3.94. The van der Waals surface area contributed by atoms with Gasteiger partial charge in [0.1, 0.15) is 12.4 Å². The molecule has 0 saturated heterocycles. The van der Waals surface area contributed by atoms with Crippen molar-refractivity contribution in [3.63, 3.8) is 0 Å². The highest BCUT2D eigenvalue weighted by molar-refractivity contribution is 5.87. The zero-order valence-electron chi connectivity index (χ0n) is 14.6. The van der Waals surface area contributed by atoms with Crippen molar-refractivity contribution in [1.29, 1.82) is 0 Å². The summed E-state index contributed by atoms with van der Waals surface area (Å²) in [5.74, 6) is -0.212. The number of nitrogens with two attached hydrogens (primary N) is 2. The van der Waals surface area contributed by atoms with Crippen LogP contribution in [0.1, 0.15) is 11.1 Å². The monoisotopic (exact) mass is 360 g/mol. The fourth-order valence-corrected chi connectivity index (χ4v) is 2.64. The third kappa shape index (κ3) is 5.12. The second kappa shape index (κ2) is 8.10. The Morgan fingerprint density at radius 1 is 0.889 bits per heavy atom. The molecule has 0 aliphatic heterocycles. The molecule has 3 rings (SSSR count). The molecular formula is C22H20N2O3. The van der Waals surface area contributed by atoms with Gasteiger partial charge in [-0.3, -0.25) is 0 Å². The maximum Gasteiger partial charge on any atom is 0.331 e. The summed E-state index contributed by atoms with van der Waals surface area (Å²) in [6.07, 6.45) is 3.07. The normalized spacial score (nSPS) is 10.8. The Morgan fingerprint density at radius 2 is 1.44 bits per heavy atom. The van der Waals surface area contributed by atoms with Gasteiger partial charge in [-0.2, -0.15) is 0 Å². The van der Waals surface area contributed by atoms with E-state index in [1.807, 2.05) is 36.4 Å². The molecule has 5 heteroatoms. The van der Waals surface area contributed by atoms with Crippen molar-refractivity contribution >= 4 is 23.4 Å². The summed E-state index contributed by atoms with van der Waals surface area (Å²) in [7, 11) is 0. The van der Waals surface area contributed by atoms with E-state index < -0.39 is 5.97 Å². The summed E-state index contributed by atoms with van der Waals surface area (Å²) < 4.78 is 5.20. The molecule has 5 N–H and O–H groups in total. The Bertz CT molecular complexity index is 942. The minimum absolute atomic E-state index is 0.109. The van der Waals surface area contributed by atoms with Gasteiger partial charge in [-0.25, -0.2) is 4.79 Å². The van der Waals surface area contributed by atoms with Crippen LogP contribution in [0.2, 0.25) is 0 Å². The molecule has 0 aliphatic rings. The number of hydrogen-bond donors (Lipinski definition) is 3. The van der Waals surface area contributed by atoms with Gasteiger partial charge in [-0.1, -0.05) is 36.4 Å². The standard InChI is InChI=1S/C22H20N2O3/c23-19-11-16(12-20(24)13-19)14-27-22(26)10-3-15-1-4-17(5-2-15)18-6-8-21(25)9-7-18/h1-13,25H,14,23-24H2/b10-3+. The first-order valence-corrected chi connectivity index (χ1v) is 8.39. The van der Waals surface area contributed by atoms with Crippen LogP contribution < -0.4 is 11.5 Å². The predicted octanol–water partition coefficient (Wildman–Crippen LogP) is 3.98. The number of aromatic hydroxyl groups is 1. The smallest absolute Gasteiger partial charge is 0.331 e. The average Bonchev–Trinajstić information content (AvgIpc) is 2.65. The highest BCUT2D eigenvalue weighted by atomic mass is 16.5. The lowest BCUT2D eigenvalue weighted by Gasteiger charge is -2.05. The highest BCUT2D eigenvalue weighted by Gasteiger charge is 2.02. The number of rotatable bonds is 5. The van der Waals surface area contributed by atoms with Gasteiger partial charge in [0.15, 0.2) is 0 Å². The van der Waals surface area contributed by atoms with Gasteiger partial charge >= 0.3 is 5.97 Å². The van der Waals surface area contributed by atoms with Crippen molar-refractivity contribution in [2.75, 3.05) is 11.5 Å². The zero-order valence-corrected chi connectivity index (χ0v) is 14.6. The average molecular weight is 360 g/mol. The molecule has 5 nitrogen and oxygen atoms in total. The number of anilines is 2. The molecule has 0 heterocycles. The molecule has 3 aromatic rings. The van der Waals surface area contributed by atoms with Crippen molar-refractivity contribution in [2.24, 2.45) is 0 Å². The lowest BCUT2D eigenvalue weighted by Crippen LogP contribution is -2.02. The summed E-state index contributed by atoms with van der Waals surface area (Å²) in [6.45, 7) is 0.109. The lowest BCUT2D eigenvalue weighted by molar-refractivity contribution is -0.138. The molecular weight excluding hydrogens is 340 g/mol. The summed E-state index contributed by atoms with van der Waals surface area (Å²) in [5.41, 5.74) is 16.1. The first-order chi connectivity index (χ1) is 13.0. The van der Waals surface area contributed by atoms with Crippen LogP contribution in [0.15, 0.2) is 72.8 Å². The van der Waals surface area contributed by atoms with Crippen LogP contribution >= 0.6 is 0 Å². The Labute approximate surface area is 157 Å². The SMILES string of the molecule is Nc1cc(N)cc(COC(=O)/C=C/c2ccc(-c3ccc(O)cc3)cc2)c1. The zero-order chi connectivity index (χ0) is 19.2. The molecule has 0 atom stereocenters. The van der Waals surface area contributed by atoms with E-state index in [0.717, 1.165) is 22.3 Å². The molecule has 0 saturated carbocycles. The number of phenolic OH excluding ortho intramolecular Hbond substituents is 1. The van der Waals surface area contributed by atoms with Gasteiger partial charge in [-0.15, -0.1) is 0 Å². The number of carbonyl (C=O) groups is 1. The first kappa shape index (κ1) is 18.1. The quantitative estimate of drug-likeness (QED) is 0.363. The summed E-state index contributed by atoms with van der Waals surface area (Å²) >= 11 is 0. The molecule has 0 radical (unpaired) electrons. The number of hydrogen-bond acceptors (Lipinski definition) is 5. The molecule has 0 aromatic heterocycles. The summed E-state index contributed by atoms with van der Waals surface area (Å²) in [4.78, 5) is 11.9. The Kier molecular flexibility index (Phi) is 5.42. The number of carbonyl (C=O) groups excluding carboxylic acids is 1. The molecule has 0 spiro atoms. The molecule has 27 heavy (non-hydrogen) atoms. The van der Waals surface area contributed by atoms with Crippen LogP contribution in [0.3, 0.4) is 0 Å². The Balaban J connectivity index is 1.58. The number of esters is 1. The topological polar surface area (TPSA) is 98.6 Å². The van der Waals surface area contributed by atoms with Gasteiger partial charge in [0.05, 0.1) is 0 Å². The van der Waals surface area contributed by atoms with Crippen LogP contribution in [0.25, 0.3) is 17.2 Å². The highest BCUT2D eigenvalue weighted by Crippen LogP contribution is 2.22. The van der Waals surface area contributed by atoms with Crippen molar-refractivity contribution in [3.05, 3.63) is 83.9 Å². The van der Waals surface area contributed by atoms with Gasteiger partial charge in [0.25, 0.3) is 0 Å².